The van der Waals surface area contributed by atoms with Crippen LogP contribution in [0.2, 0.25) is 0 Å². The number of benzene rings is 1. The molecule has 0 bridgehead atoms. The van der Waals surface area contributed by atoms with Crippen LogP contribution in [0.1, 0.15) is 18.5 Å². The van der Waals surface area contributed by atoms with Gasteiger partial charge in [0.25, 0.3) is 0 Å². The zero-order valence-electron chi connectivity index (χ0n) is 9.94. The van der Waals surface area contributed by atoms with Crippen molar-refractivity contribution in [2.24, 2.45) is 5.73 Å². The fraction of sp³-hybridized carbons (Fsp3) is 0.455. The molecule has 0 spiro atoms. The van der Waals surface area contributed by atoms with Crippen LogP contribution in [-0.2, 0) is 0 Å². The summed E-state index contributed by atoms with van der Waals surface area (Å²) in [4.78, 5) is 0. The number of hydrogen-bond donors (Lipinski definition) is 2. The van der Waals surface area contributed by atoms with Crippen molar-refractivity contribution in [2.45, 2.75) is 19.1 Å². The Hall–Kier alpha value is -0.490. The summed E-state index contributed by atoms with van der Waals surface area (Å²) in [5, 5.41) is 9.49. The second-order valence-electron chi connectivity index (χ2n) is 3.50. The number of methoxy groups -OCH3 is 2. The van der Waals surface area contributed by atoms with E-state index in [0.29, 0.717) is 11.5 Å². The Kier molecular flexibility index (Phi) is 6.85. The molecule has 0 heterocycles. The van der Waals surface area contributed by atoms with Gasteiger partial charge in [0.1, 0.15) is 11.5 Å². The van der Waals surface area contributed by atoms with Crippen molar-refractivity contribution < 1.29 is 14.6 Å². The summed E-state index contributed by atoms with van der Waals surface area (Å²) in [6, 6.07) is 3.04. The molecule has 1 aromatic rings. The standard InChI is InChI=1S/C11H16BrNO3.ClH/c1-6(14)11(13)7-4-10(16-3)8(12)5-9(7)15-2;/h4-6,11,14H,13H2,1-3H3;1H/t6-,11-;/m1./s1. The van der Waals surface area contributed by atoms with Crippen LogP contribution >= 0.6 is 28.3 Å². The largest absolute Gasteiger partial charge is 0.496 e. The van der Waals surface area contributed by atoms with Crippen molar-refractivity contribution in [3.63, 3.8) is 0 Å². The predicted octanol–water partition coefficient (Wildman–Crippen LogP) is 2.27. The minimum Gasteiger partial charge on any atom is -0.496 e. The maximum Gasteiger partial charge on any atom is 0.133 e. The van der Waals surface area contributed by atoms with Gasteiger partial charge in [0, 0.05) is 5.56 Å². The Bertz CT molecular complexity index is 374. The second-order valence-corrected chi connectivity index (χ2v) is 4.35. The topological polar surface area (TPSA) is 64.7 Å². The lowest BCUT2D eigenvalue weighted by molar-refractivity contribution is 0.162. The highest BCUT2D eigenvalue weighted by molar-refractivity contribution is 9.10. The van der Waals surface area contributed by atoms with Crippen LogP contribution in [0.3, 0.4) is 0 Å². The fourth-order valence-electron chi connectivity index (χ4n) is 1.40. The second kappa shape index (κ2) is 7.06. The maximum atomic E-state index is 9.49. The van der Waals surface area contributed by atoms with E-state index in [1.807, 2.05) is 0 Å². The van der Waals surface area contributed by atoms with Gasteiger partial charge in [0.2, 0.25) is 0 Å². The van der Waals surface area contributed by atoms with Crippen LogP contribution in [-0.4, -0.2) is 25.4 Å². The third-order valence-corrected chi connectivity index (χ3v) is 3.00. The van der Waals surface area contributed by atoms with Gasteiger partial charge in [-0.05, 0) is 35.0 Å². The van der Waals surface area contributed by atoms with Gasteiger partial charge in [0.15, 0.2) is 0 Å². The summed E-state index contributed by atoms with van der Waals surface area (Å²) in [5.74, 6) is 1.29. The molecular formula is C11H17BrClNO3. The Labute approximate surface area is 116 Å². The number of nitrogens with two attached hydrogens (primary N) is 1. The monoisotopic (exact) mass is 325 g/mol. The van der Waals surface area contributed by atoms with E-state index < -0.39 is 12.1 Å². The van der Waals surface area contributed by atoms with Crippen molar-refractivity contribution in [3.8, 4) is 11.5 Å². The third-order valence-electron chi connectivity index (χ3n) is 2.38. The van der Waals surface area contributed by atoms with E-state index in [4.69, 9.17) is 15.2 Å². The number of aliphatic hydroxyl groups is 1. The predicted molar refractivity (Wildman–Crippen MR) is 73.1 cm³/mol. The zero-order chi connectivity index (χ0) is 12.3. The van der Waals surface area contributed by atoms with Crippen LogP contribution in [0.4, 0.5) is 0 Å². The minimum absolute atomic E-state index is 0. The summed E-state index contributed by atoms with van der Waals surface area (Å²) in [6.45, 7) is 1.64. The molecule has 17 heavy (non-hydrogen) atoms. The molecule has 0 amide bonds. The first-order valence-corrected chi connectivity index (χ1v) is 5.65. The van der Waals surface area contributed by atoms with Crippen molar-refractivity contribution >= 4 is 28.3 Å². The van der Waals surface area contributed by atoms with Gasteiger partial charge < -0.3 is 20.3 Å². The summed E-state index contributed by atoms with van der Waals surface area (Å²) < 4.78 is 11.2. The summed E-state index contributed by atoms with van der Waals surface area (Å²) in [5.41, 5.74) is 6.61. The van der Waals surface area contributed by atoms with Gasteiger partial charge in [0.05, 0.1) is 30.8 Å². The average molecular weight is 327 g/mol. The van der Waals surface area contributed by atoms with Gasteiger partial charge in [-0.25, -0.2) is 0 Å². The molecule has 6 heteroatoms. The Morgan fingerprint density at radius 3 is 2.18 bits per heavy atom. The van der Waals surface area contributed by atoms with Gasteiger partial charge in [-0.15, -0.1) is 12.4 Å². The number of hydrogen-bond acceptors (Lipinski definition) is 4. The van der Waals surface area contributed by atoms with E-state index in [1.165, 1.54) is 0 Å². The molecule has 0 aliphatic rings. The summed E-state index contributed by atoms with van der Waals surface area (Å²) in [6.07, 6.45) is -0.653. The Morgan fingerprint density at radius 2 is 1.76 bits per heavy atom. The highest BCUT2D eigenvalue weighted by atomic mass is 79.9. The molecule has 0 aliphatic heterocycles. The molecule has 98 valence electrons. The minimum atomic E-state index is -0.653. The Morgan fingerprint density at radius 1 is 1.24 bits per heavy atom. The molecular weight excluding hydrogens is 309 g/mol. The van der Waals surface area contributed by atoms with E-state index in [1.54, 1.807) is 33.3 Å². The average Bonchev–Trinajstić information content (AvgIpc) is 2.27. The lowest BCUT2D eigenvalue weighted by Gasteiger charge is -2.19. The van der Waals surface area contributed by atoms with Crippen molar-refractivity contribution in [2.75, 3.05) is 14.2 Å². The first-order valence-electron chi connectivity index (χ1n) is 4.86. The van der Waals surface area contributed by atoms with E-state index in [-0.39, 0.29) is 12.4 Å². The quantitative estimate of drug-likeness (QED) is 0.891. The zero-order valence-corrected chi connectivity index (χ0v) is 12.3. The lowest BCUT2D eigenvalue weighted by Crippen LogP contribution is -2.23. The van der Waals surface area contributed by atoms with Crippen LogP contribution in [0, 0.1) is 0 Å². The highest BCUT2D eigenvalue weighted by Crippen LogP contribution is 2.35. The molecule has 0 saturated heterocycles. The highest BCUT2D eigenvalue weighted by Gasteiger charge is 2.19. The number of halogens is 2. The normalized spacial score (nSPS) is 13.5. The first-order chi connectivity index (χ1) is 7.51. The molecule has 4 nitrogen and oxygen atoms in total. The smallest absolute Gasteiger partial charge is 0.133 e. The van der Waals surface area contributed by atoms with E-state index in [0.717, 1.165) is 10.0 Å². The fourth-order valence-corrected chi connectivity index (χ4v) is 1.89. The molecule has 0 fully saturated rings. The van der Waals surface area contributed by atoms with Crippen LogP contribution in [0.15, 0.2) is 16.6 Å². The van der Waals surface area contributed by atoms with Crippen LogP contribution < -0.4 is 15.2 Å². The maximum absolute atomic E-state index is 9.49. The summed E-state index contributed by atoms with van der Waals surface area (Å²) in [7, 11) is 3.14. The van der Waals surface area contributed by atoms with Gasteiger partial charge in [-0.1, -0.05) is 0 Å². The SMILES string of the molecule is COc1cc([C@H](N)[C@@H](C)O)c(OC)cc1Br.Cl. The molecule has 0 unspecified atom stereocenters. The molecule has 0 radical (unpaired) electrons. The van der Waals surface area contributed by atoms with Crippen molar-refractivity contribution in [1.29, 1.82) is 0 Å². The molecule has 0 aliphatic carbocycles. The van der Waals surface area contributed by atoms with Crippen LogP contribution in [0.25, 0.3) is 0 Å². The van der Waals surface area contributed by atoms with Crippen molar-refractivity contribution in [3.05, 3.63) is 22.2 Å². The molecule has 0 aromatic heterocycles. The molecule has 3 N–H and O–H groups in total. The molecule has 0 saturated carbocycles. The molecule has 1 aromatic carbocycles. The van der Waals surface area contributed by atoms with E-state index in [2.05, 4.69) is 15.9 Å². The van der Waals surface area contributed by atoms with Gasteiger partial charge in [-0.3, -0.25) is 0 Å². The molecule has 2 atom stereocenters. The number of aliphatic hydroxyl groups excluding tert-OH is 1. The summed E-state index contributed by atoms with van der Waals surface area (Å²) >= 11 is 3.36. The van der Waals surface area contributed by atoms with E-state index >= 15 is 0 Å². The number of ether oxygens (including phenoxy) is 2. The van der Waals surface area contributed by atoms with Gasteiger partial charge >= 0.3 is 0 Å². The first kappa shape index (κ1) is 16.5. The lowest BCUT2D eigenvalue weighted by atomic mass is 10.0. The van der Waals surface area contributed by atoms with Crippen LogP contribution in [0.5, 0.6) is 11.5 Å². The van der Waals surface area contributed by atoms with Crippen molar-refractivity contribution in [1.82, 2.24) is 0 Å². The Balaban J connectivity index is 0.00000256. The molecule has 1 rings (SSSR count). The third kappa shape index (κ3) is 3.74. The number of rotatable bonds is 4. The van der Waals surface area contributed by atoms with E-state index in [9.17, 15) is 5.11 Å². The van der Waals surface area contributed by atoms with Gasteiger partial charge in [-0.2, -0.15) is 0 Å².